The maximum atomic E-state index is 11.4. The lowest BCUT2D eigenvalue weighted by molar-refractivity contribution is 0.0752. The van der Waals surface area contributed by atoms with Gasteiger partial charge in [-0.15, -0.1) is 0 Å². The van der Waals surface area contributed by atoms with Crippen LogP contribution in [0.25, 0.3) is 0 Å². The number of hydrogen-bond donors (Lipinski definition) is 1. The summed E-state index contributed by atoms with van der Waals surface area (Å²) in [4.78, 5) is 20.1. The van der Waals surface area contributed by atoms with E-state index in [9.17, 15) is 4.79 Å². The average Bonchev–Trinajstić information content (AvgIpc) is 2.46. The molecule has 0 saturated carbocycles. The van der Waals surface area contributed by atoms with Gasteiger partial charge in [0.15, 0.2) is 0 Å². The van der Waals surface area contributed by atoms with Gasteiger partial charge in [-0.3, -0.25) is 9.89 Å². The van der Waals surface area contributed by atoms with Crippen LogP contribution in [0.4, 0.5) is 4.79 Å². The molecular formula is C13H24N4O2. The fourth-order valence-corrected chi connectivity index (χ4v) is 2.80. The second kappa shape index (κ2) is 6.23. The molecule has 1 fully saturated rings. The first-order valence-electron chi connectivity index (χ1n) is 6.94. The Morgan fingerprint density at radius 1 is 1.47 bits per heavy atom. The van der Waals surface area contributed by atoms with E-state index < -0.39 is 0 Å². The third-order valence-electron chi connectivity index (χ3n) is 4.11. The number of methoxy groups -OCH3 is 1. The van der Waals surface area contributed by atoms with Crippen molar-refractivity contribution in [1.82, 2.24) is 15.1 Å². The number of nitrogens with zero attached hydrogens (tertiary/aromatic N) is 3. The standard InChI is InChI=1S/C13H24N4O2/c1-10-8-12(15-9-14-10)16(2)11-4-6-17(7-5-11)13(18)19-3/h9-12H,4-8H2,1-3H3,(H,14,15). The number of rotatable bonds is 2. The number of carbonyl (C=O) groups is 1. The summed E-state index contributed by atoms with van der Waals surface area (Å²) in [6.07, 6.45) is 4.86. The van der Waals surface area contributed by atoms with Gasteiger partial charge < -0.3 is 15.0 Å². The van der Waals surface area contributed by atoms with E-state index in [1.165, 1.54) is 7.11 Å². The molecule has 2 unspecified atom stereocenters. The summed E-state index contributed by atoms with van der Waals surface area (Å²) in [5.74, 6) is 0. The Morgan fingerprint density at radius 3 is 2.74 bits per heavy atom. The molecule has 0 aromatic carbocycles. The second-order valence-electron chi connectivity index (χ2n) is 5.42. The normalized spacial score (nSPS) is 28.3. The van der Waals surface area contributed by atoms with Crippen molar-refractivity contribution in [3.8, 4) is 0 Å². The monoisotopic (exact) mass is 268 g/mol. The van der Waals surface area contributed by atoms with Crippen LogP contribution in [0.3, 0.4) is 0 Å². The predicted molar refractivity (Wildman–Crippen MR) is 74.3 cm³/mol. The SMILES string of the molecule is COC(=O)N1CCC(N(C)C2CC(C)NC=N2)CC1. The minimum Gasteiger partial charge on any atom is -0.453 e. The Morgan fingerprint density at radius 2 is 2.16 bits per heavy atom. The Hall–Kier alpha value is -1.30. The molecule has 0 radical (unpaired) electrons. The zero-order valence-corrected chi connectivity index (χ0v) is 12.0. The van der Waals surface area contributed by atoms with Crippen molar-refractivity contribution in [3.63, 3.8) is 0 Å². The third kappa shape index (κ3) is 3.37. The lowest BCUT2D eigenvalue weighted by atomic mass is 10.0. The zero-order valence-electron chi connectivity index (χ0n) is 12.0. The topological polar surface area (TPSA) is 57.2 Å². The summed E-state index contributed by atoms with van der Waals surface area (Å²) in [6.45, 7) is 3.71. The van der Waals surface area contributed by atoms with E-state index in [0.29, 0.717) is 12.1 Å². The van der Waals surface area contributed by atoms with E-state index in [1.807, 2.05) is 6.34 Å². The van der Waals surface area contributed by atoms with Gasteiger partial charge in [0.1, 0.15) is 6.17 Å². The molecule has 0 aromatic rings. The number of likely N-dealkylation sites (tertiary alicyclic amines) is 1. The summed E-state index contributed by atoms with van der Waals surface area (Å²) in [5.41, 5.74) is 0. The Labute approximate surface area is 114 Å². The van der Waals surface area contributed by atoms with Gasteiger partial charge >= 0.3 is 6.09 Å². The van der Waals surface area contributed by atoms with Gasteiger partial charge in [0.25, 0.3) is 0 Å². The largest absolute Gasteiger partial charge is 0.453 e. The molecule has 2 rings (SSSR count). The molecule has 2 aliphatic heterocycles. The van der Waals surface area contributed by atoms with Crippen LogP contribution < -0.4 is 5.32 Å². The van der Waals surface area contributed by atoms with Crippen LogP contribution in [0.2, 0.25) is 0 Å². The van der Waals surface area contributed by atoms with Gasteiger partial charge in [-0.05, 0) is 26.8 Å². The highest BCUT2D eigenvalue weighted by atomic mass is 16.5. The summed E-state index contributed by atoms with van der Waals surface area (Å²) in [6, 6.07) is 0.966. The van der Waals surface area contributed by atoms with Crippen LogP contribution in [0.1, 0.15) is 26.2 Å². The van der Waals surface area contributed by atoms with Crippen molar-refractivity contribution in [1.29, 1.82) is 0 Å². The molecule has 0 spiro atoms. The summed E-state index contributed by atoms with van der Waals surface area (Å²) in [5, 5.41) is 3.21. The number of ether oxygens (including phenoxy) is 1. The molecule has 6 nitrogen and oxygen atoms in total. The van der Waals surface area contributed by atoms with Crippen molar-refractivity contribution in [2.45, 2.75) is 44.4 Å². The van der Waals surface area contributed by atoms with E-state index in [4.69, 9.17) is 4.74 Å². The summed E-state index contributed by atoms with van der Waals surface area (Å²) >= 11 is 0. The smallest absolute Gasteiger partial charge is 0.409 e. The van der Waals surface area contributed by atoms with Crippen molar-refractivity contribution >= 4 is 12.4 Å². The van der Waals surface area contributed by atoms with Crippen molar-refractivity contribution in [2.75, 3.05) is 27.2 Å². The van der Waals surface area contributed by atoms with Crippen LogP contribution in [0, 0.1) is 0 Å². The molecule has 19 heavy (non-hydrogen) atoms. The van der Waals surface area contributed by atoms with E-state index in [-0.39, 0.29) is 12.3 Å². The second-order valence-corrected chi connectivity index (χ2v) is 5.42. The van der Waals surface area contributed by atoms with Crippen LogP contribution in [-0.2, 0) is 4.74 Å². The van der Waals surface area contributed by atoms with Gasteiger partial charge in [-0.2, -0.15) is 0 Å². The molecule has 108 valence electrons. The van der Waals surface area contributed by atoms with Gasteiger partial charge in [-0.25, -0.2) is 4.79 Å². The summed E-state index contributed by atoms with van der Waals surface area (Å²) in [7, 11) is 3.57. The van der Waals surface area contributed by atoms with Crippen LogP contribution >= 0.6 is 0 Å². The van der Waals surface area contributed by atoms with E-state index in [2.05, 4.69) is 29.2 Å². The van der Waals surface area contributed by atoms with Gasteiger partial charge in [-0.1, -0.05) is 0 Å². The predicted octanol–water partition coefficient (Wildman–Crippen LogP) is 0.885. The number of piperidine rings is 1. The van der Waals surface area contributed by atoms with Crippen LogP contribution in [0.15, 0.2) is 4.99 Å². The van der Waals surface area contributed by atoms with E-state index in [1.54, 1.807) is 4.90 Å². The molecule has 2 atom stereocenters. The van der Waals surface area contributed by atoms with E-state index in [0.717, 1.165) is 32.4 Å². The average molecular weight is 268 g/mol. The van der Waals surface area contributed by atoms with E-state index >= 15 is 0 Å². The lowest BCUT2D eigenvalue weighted by Crippen LogP contribution is -2.50. The minimum atomic E-state index is -0.213. The van der Waals surface area contributed by atoms with Crippen LogP contribution in [0.5, 0.6) is 0 Å². The summed E-state index contributed by atoms with van der Waals surface area (Å²) < 4.78 is 4.76. The Balaban J connectivity index is 1.85. The molecule has 0 aliphatic carbocycles. The minimum absolute atomic E-state index is 0.213. The first-order valence-corrected chi connectivity index (χ1v) is 6.94. The van der Waals surface area contributed by atoms with Gasteiger partial charge in [0.2, 0.25) is 0 Å². The fraction of sp³-hybridized carbons (Fsp3) is 0.846. The molecular weight excluding hydrogens is 244 g/mol. The Kier molecular flexibility index (Phi) is 4.63. The highest BCUT2D eigenvalue weighted by molar-refractivity contribution is 5.67. The molecule has 1 saturated heterocycles. The van der Waals surface area contributed by atoms with Crippen molar-refractivity contribution < 1.29 is 9.53 Å². The highest BCUT2D eigenvalue weighted by Crippen LogP contribution is 2.21. The third-order valence-corrected chi connectivity index (χ3v) is 4.11. The molecule has 2 aliphatic rings. The number of carbonyl (C=O) groups excluding carboxylic acids is 1. The quantitative estimate of drug-likeness (QED) is 0.808. The van der Waals surface area contributed by atoms with Crippen LogP contribution in [-0.4, -0.2) is 67.7 Å². The lowest BCUT2D eigenvalue weighted by Gasteiger charge is -2.40. The number of nitrogens with one attached hydrogen (secondary N) is 1. The number of aliphatic imine (C=N–C) groups is 1. The highest BCUT2D eigenvalue weighted by Gasteiger charge is 2.30. The molecule has 0 aromatic heterocycles. The number of amides is 1. The molecule has 2 heterocycles. The van der Waals surface area contributed by atoms with Crippen molar-refractivity contribution in [2.24, 2.45) is 4.99 Å². The van der Waals surface area contributed by atoms with Gasteiger partial charge in [0.05, 0.1) is 13.4 Å². The number of hydrogen-bond acceptors (Lipinski definition) is 5. The molecule has 1 N–H and O–H groups in total. The first-order chi connectivity index (χ1) is 9.11. The molecule has 1 amide bonds. The molecule has 6 heteroatoms. The Bertz CT molecular complexity index is 340. The maximum absolute atomic E-state index is 11.4. The zero-order chi connectivity index (χ0) is 13.8. The van der Waals surface area contributed by atoms with Gasteiger partial charge in [0, 0.05) is 31.6 Å². The maximum Gasteiger partial charge on any atom is 0.409 e. The molecule has 0 bridgehead atoms. The fourth-order valence-electron chi connectivity index (χ4n) is 2.80. The van der Waals surface area contributed by atoms with Crippen molar-refractivity contribution in [3.05, 3.63) is 0 Å². The first kappa shape index (κ1) is 14.1.